The van der Waals surface area contributed by atoms with E-state index >= 15 is 0 Å². The van der Waals surface area contributed by atoms with Crippen molar-refractivity contribution < 1.29 is 14.4 Å². The number of aryl methyl sites for hydroxylation is 1. The standard InChI is InChI=1S/C16H19N3O2S/c1-12-15(13-5-3-2-4-6-13)22-16(17-12)18-14(20)11-19-7-9-21-10-8-19/h2-6H,7-11H2,1H3,(H,17,18,20)/p+1. The van der Waals surface area contributed by atoms with E-state index in [0.717, 1.165) is 42.4 Å². The number of quaternary nitrogens is 1. The second-order valence-corrected chi connectivity index (χ2v) is 6.39. The summed E-state index contributed by atoms with van der Waals surface area (Å²) in [6, 6.07) is 10.1. The second kappa shape index (κ2) is 7.00. The lowest BCUT2D eigenvalue weighted by molar-refractivity contribution is -0.899. The van der Waals surface area contributed by atoms with Crippen molar-refractivity contribution >= 4 is 22.4 Å². The minimum Gasteiger partial charge on any atom is -0.370 e. The maximum atomic E-state index is 12.1. The molecule has 0 radical (unpaired) electrons. The van der Waals surface area contributed by atoms with Gasteiger partial charge >= 0.3 is 0 Å². The Morgan fingerprint density at radius 1 is 1.32 bits per heavy atom. The number of carbonyl (C=O) groups is 1. The van der Waals surface area contributed by atoms with Crippen LogP contribution in [-0.2, 0) is 9.53 Å². The van der Waals surface area contributed by atoms with Crippen LogP contribution >= 0.6 is 11.3 Å². The lowest BCUT2D eigenvalue weighted by Crippen LogP contribution is -3.15. The number of ether oxygens (including phenoxy) is 1. The number of anilines is 1. The molecule has 3 rings (SSSR count). The maximum absolute atomic E-state index is 12.1. The molecule has 1 aromatic heterocycles. The van der Waals surface area contributed by atoms with E-state index in [0.29, 0.717) is 11.7 Å². The molecule has 1 aromatic carbocycles. The number of aromatic nitrogens is 1. The monoisotopic (exact) mass is 318 g/mol. The largest absolute Gasteiger partial charge is 0.370 e. The molecule has 0 spiro atoms. The Hall–Kier alpha value is -1.76. The van der Waals surface area contributed by atoms with Crippen LogP contribution in [0.25, 0.3) is 10.4 Å². The fourth-order valence-corrected chi connectivity index (χ4v) is 3.52. The number of hydrogen-bond acceptors (Lipinski definition) is 4. The van der Waals surface area contributed by atoms with Crippen molar-refractivity contribution in [2.45, 2.75) is 6.92 Å². The Morgan fingerprint density at radius 3 is 2.77 bits per heavy atom. The summed E-state index contributed by atoms with van der Waals surface area (Å²) in [6.45, 7) is 5.69. The maximum Gasteiger partial charge on any atom is 0.281 e. The van der Waals surface area contributed by atoms with Gasteiger partial charge in [-0.3, -0.25) is 10.1 Å². The summed E-state index contributed by atoms with van der Waals surface area (Å²) in [4.78, 5) is 19.0. The van der Waals surface area contributed by atoms with Gasteiger partial charge in [-0.25, -0.2) is 4.98 Å². The fourth-order valence-electron chi connectivity index (χ4n) is 2.53. The smallest absolute Gasteiger partial charge is 0.281 e. The molecule has 2 aromatic rings. The van der Waals surface area contributed by atoms with Crippen molar-refractivity contribution in [2.24, 2.45) is 0 Å². The zero-order valence-corrected chi connectivity index (χ0v) is 13.4. The van der Waals surface area contributed by atoms with Gasteiger partial charge in [-0.05, 0) is 12.5 Å². The number of carbonyl (C=O) groups excluding carboxylic acids is 1. The number of nitrogens with one attached hydrogen (secondary N) is 2. The Bertz CT molecular complexity index is 636. The van der Waals surface area contributed by atoms with E-state index in [9.17, 15) is 4.79 Å². The minimum absolute atomic E-state index is 0.0188. The van der Waals surface area contributed by atoms with Gasteiger partial charge in [0.1, 0.15) is 13.1 Å². The van der Waals surface area contributed by atoms with Gasteiger partial charge in [0, 0.05) is 0 Å². The molecule has 0 saturated carbocycles. The minimum atomic E-state index is 0.0188. The number of thiazole rings is 1. The second-order valence-electron chi connectivity index (χ2n) is 5.39. The number of morpholine rings is 1. The average molecular weight is 318 g/mol. The third kappa shape index (κ3) is 3.71. The van der Waals surface area contributed by atoms with Crippen LogP contribution in [0.1, 0.15) is 5.69 Å². The molecule has 0 atom stereocenters. The highest BCUT2D eigenvalue weighted by Gasteiger charge is 2.19. The first-order valence-corrected chi connectivity index (χ1v) is 8.28. The van der Waals surface area contributed by atoms with Crippen LogP contribution in [-0.4, -0.2) is 43.7 Å². The third-order valence-electron chi connectivity index (χ3n) is 3.69. The molecule has 0 unspecified atom stereocenters. The quantitative estimate of drug-likeness (QED) is 0.883. The molecule has 1 aliphatic rings. The van der Waals surface area contributed by atoms with Crippen LogP contribution in [0.5, 0.6) is 0 Å². The first kappa shape index (κ1) is 15.1. The molecule has 22 heavy (non-hydrogen) atoms. The summed E-state index contributed by atoms with van der Waals surface area (Å²) in [5.74, 6) is 0.0188. The summed E-state index contributed by atoms with van der Waals surface area (Å²) >= 11 is 1.53. The van der Waals surface area contributed by atoms with E-state index in [1.807, 2.05) is 25.1 Å². The molecule has 1 amide bonds. The Morgan fingerprint density at radius 2 is 2.05 bits per heavy atom. The molecule has 116 valence electrons. The molecule has 2 heterocycles. The molecular weight excluding hydrogens is 298 g/mol. The van der Waals surface area contributed by atoms with Crippen LogP contribution < -0.4 is 10.2 Å². The van der Waals surface area contributed by atoms with Crippen molar-refractivity contribution in [2.75, 3.05) is 38.2 Å². The number of amides is 1. The van der Waals surface area contributed by atoms with Gasteiger partial charge in [0.2, 0.25) is 0 Å². The Balaban J connectivity index is 1.64. The zero-order valence-electron chi connectivity index (χ0n) is 12.6. The molecule has 5 nitrogen and oxygen atoms in total. The Labute approximate surface area is 133 Å². The SMILES string of the molecule is Cc1nc(NC(=O)C[NH+]2CCOCC2)sc1-c1ccccc1. The van der Waals surface area contributed by atoms with E-state index in [4.69, 9.17) is 4.74 Å². The molecule has 2 N–H and O–H groups in total. The van der Waals surface area contributed by atoms with Crippen molar-refractivity contribution in [1.29, 1.82) is 0 Å². The van der Waals surface area contributed by atoms with Gasteiger partial charge in [-0.1, -0.05) is 41.7 Å². The molecule has 1 saturated heterocycles. The van der Waals surface area contributed by atoms with Gasteiger partial charge in [-0.15, -0.1) is 0 Å². The fraction of sp³-hybridized carbons (Fsp3) is 0.375. The summed E-state index contributed by atoms with van der Waals surface area (Å²) in [5, 5.41) is 3.60. The predicted octanol–water partition coefficient (Wildman–Crippen LogP) is 0.972. The highest BCUT2D eigenvalue weighted by atomic mass is 32.1. The summed E-state index contributed by atoms with van der Waals surface area (Å²) < 4.78 is 5.30. The van der Waals surface area contributed by atoms with Crippen LogP contribution in [0.3, 0.4) is 0 Å². The first-order valence-electron chi connectivity index (χ1n) is 7.46. The summed E-state index contributed by atoms with van der Waals surface area (Å²) in [5.41, 5.74) is 2.09. The topological polar surface area (TPSA) is 55.7 Å². The molecule has 6 heteroatoms. The van der Waals surface area contributed by atoms with Crippen LogP contribution in [0.2, 0.25) is 0 Å². The van der Waals surface area contributed by atoms with E-state index in [1.54, 1.807) is 0 Å². The molecule has 0 bridgehead atoms. The van der Waals surface area contributed by atoms with E-state index < -0.39 is 0 Å². The van der Waals surface area contributed by atoms with Crippen molar-refractivity contribution in [3.05, 3.63) is 36.0 Å². The number of benzene rings is 1. The molecule has 0 aliphatic carbocycles. The van der Waals surface area contributed by atoms with Gasteiger partial charge < -0.3 is 9.64 Å². The zero-order chi connectivity index (χ0) is 15.4. The van der Waals surface area contributed by atoms with Gasteiger partial charge in [0.05, 0.1) is 23.8 Å². The summed E-state index contributed by atoms with van der Waals surface area (Å²) in [6.07, 6.45) is 0. The summed E-state index contributed by atoms with van der Waals surface area (Å²) in [7, 11) is 0. The van der Waals surface area contributed by atoms with Crippen molar-refractivity contribution in [3.63, 3.8) is 0 Å². The Kier molecular flexibility index (Phi) is 4.82. The van der Waals surface area contributed by atoms with E-state index in [-0.39, 0.29) is 5.91 Å². The van der Waals surface area contributed by atoms with E-state index in [2.05, 4.69) is 22.4 Å². The third-order valence-corrected chi connectivity index (χ3v) is 4.81. The first-order chi connectivity index (χ1) is 10.7. The lowest BCUT2D eigenvalue weighted by Gasteiger charge is -2.22. The normalized spacial score (nSPS) is 15.7. The predicted molar refractivity (Wildman–Crippen MR) is 87.3 cm³/mol. The highest BCUT2D eigenvalue weighted by Crippen LogP contribution is 2.32. The number of rotatable bonds is 4. The van der Waals surface area contributed by atoms with Crippen LogP contribution in [0, 0.1) is 6.92 Å². The average Bonchev–Trinajstić information content (AvgIpc) is 2.89. The van der Waals surface area contributed by atoms with E-state index in [1.165, 1.54) is 16.2 Å². The van der Waals surface area contributed by atoms with Crippen LogP contribution in [0.4, 0.5) is 5.13 Å². The van der Waals surface area contributed by atoms with Crippen molar-refractivity contribution in [1.82, 2.24) is 4.98 Å². The van der Waals surface area contributed by atoms with Crippen molar-refractivity contribution in [3.8, 4) is 10.4 Å². The van der Waals surface area contributed by atoms with Gasteiger partial charge in [0.25, 0.3) is 5.91 Å². The number of nitrogens with zero attached hydrogens (tertiary/aromatic N) is 1. The molecular formula is C16H20N3O2S+. The molecule has 1 aliphatic heterocycles. The molecule has 1 fully saturated rings. The van der Waals surface area contributed by atoms with Gasteiger partial charge in [-0.2, -0.15) is 0 Å². The number of hydrogen-bond donors (Lipinski definition) is 2. The van der Waals surface area contributed by atoms with Crippen LogP contribution in [0.15, 0.2) is 30.3 Å². The lowest BCUT2D eigenvalue weighted by atomic mass is 10.2. The van der Waals surface area contributed by atoms with Gasteiger partial charge in [0.15, 0.2) is 11.7 Å². The highest BCUT2D eigenvalue weighted by molar-refractivity contribution is 7.19.